The average Bonchev–Trinajstić information content (AvgIpc) is 2.96. The average molecular weight is 550 g/mol. The highest BCUT2D eigenvalue weighted by Gasteiger charge is 2.28. The van der Waals surface area contributed by atoms with Crippen molar-refractivity contribution in [2.45, 2.75) is 142 Å². The van der Waals surface area contributed by atoms with Crippen molar-refractivity contribution in [3.63, 3.8) is 0 Å². The number of hydrogen-bond donors (Lipinski definition) is 1. The summed E-state index contributed by atoms with van der Waals surface area (Å²) in [5, 5.41) is 2.86. The van der Waals surface area contributed by atoms with Crippen LogP contribution in [0, 0.1) is 5.92 Å². The van der Waals surface area contributed by atoms with Gasteiger partial charge in [0.2, 0.25) is 6.41 Å². The third kappa shape index (κ3) is 18.4. The predicted octanol–water partition coefficient (Wildman–Crippen LogP) is 8.11. The molecule has 0 aliphatic heterocycles. The van der Waals surface area contributed by atoms with E-state index in [4.69, 9.17) is 4.74 Å². The number of amides is 2. The van der Waals surface area contributed by atoms with Gasteiger partial charge in [0, 0.05) is 31.6 Å². The van der Waals surface area contributed by atoms with Gasteiger partial charge in [-0.05, 0) is 32.4 Å². The van der Waals surface area contributed by atoms with Gasteiger partial charge in [-0.3, -0.25) is 4.79 Å². The molecule has 2 amide bonds. The van der Waals surface area contributed by atoms with E-state index in [-0.39, 0.29) is 18.1 Å². The summed E-state index contributed by atoms with van der Waals surface area (Å²) in [6.07, 6.45) is 28.3. The van der Waals surface area contributed by atoms with Crippen LogP contribution in [0.5, 0.6) is 0 Å². The van der Waals surface area contributed by atoms with Crippen LogP contribution in [0.1, 0.15) is 136 Å². The Morgan fingerprint density at radius 3 is 1.79 bits per heavy atom. The van der Waals surface area contributed by atoms with Crippen LogP contribution >= 0.6 is 0 Å². The molecule has 0 bridgehead atoms. The minimum Gasteiger partial charge on any atom is -0.449 e. The SMILES string of the molecule is CCCCCCCCCCCCCCCCCCN(C=O)C1CC=CCC1COC(=O)NCCN(CC)CC. The molecule has 0 radical (unpaired) electrons. The van der Waals surface area contributed by atoms with Crippen LogP contribution in [0.2, 0.25) is 0 Å². The molecule has 6 heteroatoms. The van der Waals surface area contributed by atoms with Crippen molar-refractivity contribution in [3.8, 4) is 0 Å². The number of unbranched alkanes of at least 4 members (excludes halogenated alkanes) is 15. The number of nitrogens with zero attached hydrogens (tertiary/aromatic N) is 2. The minimum absolute atomic E-state index is 0.118. The Balaban J connectivity index is 2.11. The van der Waals surface area contributed by atoms with E-state index in [0.717, 1.165) is 51.9 Å². The van der Waals surface area contributed by atoms with E-state index in [9.17, 15) is 9.59 Å². The van der Waals surface area contributed by atoms with Crippen molar-refractivity contribution >= 4 is 12.5 Å². The molecule has 0 aromatic heterocycles. The topological polar surface area (TPSA) is 61.9 Å². The second kappa shape index (κ2) is 25.4. The summed E-state index contributed by atoms with van der Waals surface area (Å²) in [7, 11) is 0. The lowest BCUT2D eigenvalue weighted by atomic mass is 9.88. The number of carbonyl (C=O) groups excluding carboxylic acids is 2. The zero-order valence-corrected chi connectivity index (χ0v) is 26.0. The van der Waals surface area contributed by atoms with Gasteiger partial charge in [-0.1, -0.05) is 129 Å². The number of nitrogens with one attached hydrogen (secondary N) is 1. The molecule has 2 unspecified atom stereocenters. The second-order valence-corrected chi connectivity index (χ2v) is 11.5. The Bertz CT molecular complexity index is 609. The van der Waals surface area contributed by atoms with Gasteiger partial charge < -0.3 is 19.9 Å². The maximum Gasteiger partial charge on any atom is 0.407 e. The standard InChI is InChI=1S/C33H63N3O3/c1-4-7-8-9-10-11-12-13-14-15-16-17-18-19-20-23-27-36(30-37)32-25-22-21-24-31(32)29-39-33(38)34-26-28-35(5-2)6-3/h21-22,30-32H,4-20,23-29H2,1-3H3,(H,34,38). The summed E-state index contributed by atoms with van der Waals surface area (Å²) in [6.45, 7) is 11.1. The molecule has 1 aliphatic rings. The van der Waals surface area contributed by atoms with E-state index in [1.165, 1.54) is 96.3 Å². The van der Waals surface area contributed by atoms with E-state index < -0.39 is 0 Å². The van der Waals surface area contributed by atoms with Gasteiger partial charge in [0.25, 0.3) is 0 Å². The largest absolute Gasteiger partial charge is 0.449 e. The van der Waals surface area contributed by atoms with E-state index in [1.807, 2.05) is 4.90 Å². The molecule has 0 aromatic carbocycles. The molecule has 0 heterocycles. The van der Waals surface area contributed by atoms with Gasteiger partial charge in [0.05, 0.1) is 6.61 Å². The number of carbonyl (C=O) groups is 2. The fourth-order valence-electron chi connectivity index (χ4n) is 5.67. The predicted molar refractivity (Wildman–Crippen MR) is 165 cm³/mol. The van der Waals surface area contributed by atoms with Gasteiger partial charge in [-0.15, -0.1) is 0 Å². The van der Waals surface area contributed by atoms with Gasteiger partial charge in [-0.25, -0.2) is 4.79 Å². The fraction of sp³-hybridized carbons (Fsp3) is 0.879. The normalized spacial score (nSPS) is 16.9. The first-order valence-electron chi connectivity index (χ1n) is 16.6. The van der Waals surface area contributed by atoms with Crippen molar-refractivity contribution < 1.29 is 14.3 Å². The molecule has 1 aliphatic carbocycles. The summed E-state index contributed by atoms with van der Waals surface area (Å²) >= 11 is 0. The van der Waals surface area contributed by atoms with Crippen LogP contribution < -0.4 is 5.32 Å². The Morgan fingerprint density at radius 2 is 1.28 bits per heavy atom. The molecular weight excluding hydrogens is 486 g/mol. The van der Waals surface area contributed by atoms with E-state index in [1.54, 1.807) is 0 Å². The smallest absolute Gasteiger partial charge is 0.407 e. The second-order valence-electron chi connectivity index (χ2n) is 11.5. The van der Waals surface area contributed by atoms with Crippen LogP contribution in [0.4, 0.5) is 4.79 Å². The van der Waals surface area contributed by atoms with Crippen LogP contribution in [0.15, 0.2) is 12.2 Å². The molecule has 1 N–H and O–H groups in total. The molecule has 1 rings (SSSR count). The molecule has 228 valence electrons. The first kappa shape index (κ1) is 35.5. The van der Waals surface area contributed by atoms with Gasteiger partial charge >= 0.3 is 6.09 Å². The van der Waals surface area contributed by atoms with Crippen LogP contribution in [-0.2, 0) is 9.53 Å². The summed E-state index contributed by atoms with van der Waals surface area (Å²) in [5.41, 5.74) is 0. The lowest BCUT2D eigenvalue weighted by molar-refractivity contribution is -0.121. The summed E-state index contributed by atoms with van der Waals surface area (Å²) in [6, 6.07) is 0.118. The summed E-state index contributed by atoms with van der Waals surface area (Å²) < 4.78 is 5.55. The number of rotatable bonds is 26. The first-order valence-corrected chi connectivity index (χ1v) is 16.6. The van der Waals surface area contributed by atoms with Crippen molar-refractivity contribution in [1.82, 2.24) is 15.1 Å². The molecule has 2 atom stereocenters. The highest BCUT2D eigenvalue weighted by atomic mass is 16.5. The number of likely N-dealkylation sites (N-methyl/N-ethyl adjacent to an activating group) is 1. The van der Waals surface area contributed by atoms with E-state index in [0.29, 0.717) is 13.2 Å². The third-order valence-corrected chi connectivity index (χ3v) is 8.38. The third-order valence-electron chi connectivity index (χ3n) is 8.38. The lowest BCUT2D eigenvalue weighted by Gasteiger charge is -2.35. The van der Waals surface area contributed by atoms with Gasteiger partial charge in [0.1, 0.15) is 0 Å². The highest BCUT2D eigenvalue weighted by Crippen LogP contribution is 2.24. The van der Waals surface area contributed by atoms with Gasteiger partial charge in [0.15, 0.2) is 0 Å². The van der Waals surface area contributed by atoms with Crippen molar-refractivity contribution in [2.24, 2.45) is 5.92 Å². The number of alkyl carbamates (subject to hydrolysis) is 1. The Morgan fingerprint density at radius 1 is 0.769 bits per heavy atom. The highest BCUT2D eigenvalue weighted by molar-refractivity contribution is 5.67. The first-order chi connectivity index (χ1) is 19.2. The Kier molecular flexibility index (Phi) is 23.1. The lowest BCUT2D eigenvalue weighted by Crippen LogP contribution is -2.44. The van der Waals surface area contributed by atoms with Crippen molar-refractivity contribution in [1.29, 1.82) is 0 Å². The van der Waals surface area contributed by atoms with Crippen LogP contribution in [-0.4, -0.2) is 67.7 Å². The fourth-order valence-corrected chi connectivity index (χ4v) is 5.67. The van der Waals surface area contributed by atoms with Crippen molar-refractivity contribution in [2.75, 3.05) is 39.3 Å². The number of ether oxygens (including phenoxy) is 1. The van der Waals surface area contributed by atoms with Crippen LogP contribution in [0.25, 0.3) is 0 Å². The molecule has 0 saturated heterocycles. The monoisotopic (exact) mass is 549 g/mol. The maximum absolute atomic E-state index is 12.2. The summed E-state index contributed by atoms with van der Waals surface area (Å²) in [5.74, 6) is 0.162. The summed E-state index contributed by atoms with van der Waals surface area (Å²) in [4.78, 5) is 28.3. The molecule has 39 heavy (non-hydrogen) atoms. The van der Waals surface area contributed by atoms with E-state index >= 15 is 0 Å². The zero-order valence-electron chi connectivity index (χ0n) is 26.0. The van der Waals surface area contributed by atoms with Crippen molar-refractivity contribution in [3.05, 3.63) is 12.2 Å². The molecule has 0 aromatic rings. The molecule has 6 nitrogen and oxygen atoms in total. The van der Waals surface area contributed by atoms with Crippen LogP contribution in [0.3, 0.4) is 0 Å². The minimum atomic E-state index is -0.356. The van der Waals surface area contributed by atoms with E-state index in [2.05, 4.69) is 43.1 Å². The zero-order chi connectivity index (χ0) is 28.4. The molecule has 0 fully saturated rings. The quantitative estimate of drug-likeness (QED) is 0.0672. The molecular formula is C33H63N3O3. The Hall–Kier alpha value is -1.56. The van der Waals surface area contributed by atoms with Gasteiger partial charge in [-0.2, -0.15) is 0 Å². The number of hydrogen-bond acceptors (Lipinski definition) is 4. The number of allylic oxidation sites excluding steroid dienone is 1. The molecule has 0 saturated carbocycles. The maximum atomic E-state index is 12.2. The Labute approximate surface area is 241 Å². The molecule has 0 spiro atoms.